The molecule has 0 aliphatic heterocycles. The average molecular weight is 291 g/mol. The van der Waals surface area contributed by atoms with Gasteiger partial charge in [-0.3, -0.25) is 9.59 Å². The summed E-state index contributed by atoms with van der Waals surface area (Å²) in [4.78, 5) is 23.5. The highest BCUT2D eigenvalue weighted by molar-refractivity contribution is 5.85. The van der Waals surface area contributed by atoms with E-state index < -0.39 is 0 Å². The Kier molecular flexibility index (Phi) is 5.76. The third-order valence-corrected chi connectivity index (χ3v) is 2.96. The fraction of sp³-hybridized carbons (Fsp3) is 0.500. The molecule has 1 aromatic rings. The van der Waals surface area contributed by atoms with E-state index in [4.69, 9.17) is 5.73 Å². The van der Waals surface area contributed by atoms with Gasteiger partial charge in [-0.2, -0.15) is 0 Å². The first-order valence-corrected chi connectivity index (χ1v) is 7.10. The van der Waals surface area contributed by atoms with Crippen LogP contribution in [0.2, 0.25) is 0 Å². The molecule has 0 aromatic heterocycles. The normalized spacial score (nSPS) is 12.6. The van der Waals surface area contributed by atoms with Gasteiger partial charge in [0.05, 0.1) is 6.54 Å². The molecule has 2 amide bonds. The molecule has 0 fully saturated rings. The summed E-state index contributed by atoms with van der Waals surface area (Å²) in [5.74, 6) is -0.240. The van der Waals surface area contributed by atoms with Crippen molar-refractivity contribution >= 4 is 17.5 Å². The van der Waals surface area contributed by atoms with Gasteiger partial charge < -0.3 is 16.4 Å². The van der Waals surface area contributed by atoms with Gasteiger partial charge >= 0.3 is 0 Å². The molecule has 1 aromatic carbocycles. The van der Waals surface area contributed by atoms with Gasteiger partial charge in [-0.1, -0.05) is 19.1 Å². The summed E-state index contributed by atoms with van der Waals surface area (Å²) >= 11 is 0. The summed E-state index contributed by atoms with van der Waals surface area (Å²) in [5, 5.41) is 5.44. The van der Waals surface area contributed by atoms with Crippen molar-refractivity contribution in [1.82, 2.24) is 10.6 Å². The van der Waals surface area contributed by atoms with Crippen molar-refractivity contribution in [2.45, 2.75) is 45.6 Å². The molecule has 0 spiro atoms. The van der Waals surface area contributed by atoms with Crippen LogP contribution < -0.4 is 16.4 Å². The van der Waals surface area contributed by atoms with Gasteiger partial charge in [0.25, 0.3) is 0 Å². The Morgan fingerprint density at radius 2 is 1.71 bits per heavy atom. The molecule has 1 unspecified atom stereocenters. The van der Waals surface area contributed by atoms with Crippen molar-refractivity contribution in [2.24, 2.45) is 0 Å². The number of nitrogen functional groups attached to an aromatic ring is 1. The van der Waals surface area contributed by atoms with E-state index >= 15 is 0 Å². The topological polar surface area (TPSA) is 84.2 Å². The molecule has 5 nitrogen and oxygen atoms in total. The molecule has 0 aliphatic carbocycles. The second-order valence-electron chi connectivity index (χ2n) is 6.35. The average Bonchev–Trinajstić information content (AvgIpc) is 2.35. The minimum atomic E-state index is -0.293. The molecule has 4 N–H and O–H groups in total. The van der Waals surface area contributed by atoms with Crippen LogP contribution in [0.4, 0.5) is 5.69 Å². The number of nitrogens with one attached hydrogen (secondary N) is 2. The fourth-order valence-corrected chi connectivity index (χ4v) is 1.93. The van der Waals surface area contributed by atoms with Gasteiger partial charge in [0.2, 0.25) is 11.8 Å². The van der Waals surface area contributed by atoms with Gasteiger partial charge in [-0.05, 0) is 44.4 Å². The Hall–Kier alpha value is -2.04. The number of hydrogen-bond donors (Lipinski definition) is 3. The maximum atomic E-state index is 11.8. The molecule has 1 atom stereocenters. The zero-order valence-corrected chi connectivity index (χ0v) is 13.2. The lowest BCUT2D eigenvalue weighted by molar-refractivity contribution is -0.127. The van der Waals surface area contributed by atoms with E-state index in [2.05, 4.69) is 10.6 Å². The zero-order valence-electron chi connectivity index (χ0n) is 13.2. The molecule has 21 heavy (non-hydrogen) atoms. The molecule has 0 saturated carbocycles. The van der Waals surface area contributed by atoms with Crippen LogP contribution in [0.15, 0.2) is 24.3 Å². The van der Waals surface area contributed by atoms with E-state index in [1.165, 1.54) is 0 Å². The van der Waals surface area contributed by atoms with Crippen molar-refractivity contribution in [2.75, 3.05) is 12.3 Å². The number of amides is 2. The van der Waals surface area contributed by atoms with Gasteiger partial charge in [0, 0.05) is 17.6 Å². The van der Waals surface area contributed by atoms with Crippen molar-refractivity contribution in [3.8, 4) is 0 Å². The highest BCUT2D eigenvalue weighted by atomic mass is 16.2. The van der Waals surface area contributed by atoms with E-state index in [0.717, 1.165) is 5.56 Å². The Morgan fingerprint density at radius 1 is 1.14 bits per heavy atom. The lowest BCUT2D eigenvalue weighted by Crippen LogP contribution is -2.45. The van der Waals surface area contributed by atoms with Crippen LogP contribution >= 0.6 is 0 Å². The van der Waals surface area contributed by atoms with Gasteiger partial charge in [-0.25, -0.2) is 0 Å². The van der Waals surface area contributed by atoms with Crippen LogP contribution in [0.3, 0.4) is 0 Å². The lowest BCUT2D eigenvalue weighted by Gasteiger charge is -2.20. The summed E-state index contributed by atoms with van der Waals surface area (Å²) in [5.41, 5.74) is 7.10. The minimum Gasteiger partial charge on any atom is -0.399 e. The largest absolute Gasteiger partial charge is 0.399 e. The fourth-order valence-electron chi connectivity index (χ4n) is 1.93. The van der Waals surface area contributed by atoms with Crippen LogP contribution in [0.5, 0.6) is 0 Å². The smallest absolute Gasteiger partial charge is 0.239 e. The Morgan fingerprint density at radius 3 is 2.24 bits per heavy atom. The molecule has 0 aliphatic rings. The molecular weight excluding hydrogens is 266 g/mol. The van der Waals surface area contributed by atoms with Crippen LogP contribution in [-0.4, -0.2) is 23.9 Å². The molecule has 0 radical (unpaired) electrons. The molecule has 0 bridgehead atoms. The Balaban J connectivity index is 2.40. The maximum absolute atomic E-state index is 11.8. The molecule has 1 rings (SSSR count). The Bertz CT molecular complexity index is 489. The van der Waals surface area contributed by atoms with Crippen LogP contribution in [0.1, 0.15) is 45.6 Å². The Labute approximate surface area is 126 Å². The highest BCUT2D eigenvalue weighted by Crippen LogP contribution is 2.19. The summed E-state index contributed by atoms with van der Waals surface area (Å²) in [6.07, 6.45) is 0.340. The zero-order chi connectivity index (χ0) is 16.0. The SMILES string of the molecule is CC(CC(=O)NCC(=O)NC(C)(C)C)c1ccc(N)cc1. The van der Waals surface area contributed by atoms with Gasteiger partial charge in [-0.15, -0.1) is 0 Å². The first kappa shape index (κ1) is 17.0. The van der Waals surface area contributed by atoms with Crippen LogP contribution in [-0.2, 0) is 9.59 Å². The third-order valence-electron chi connectivity index (χ3n) is 2.96. The first-order chi connectivity index (χ1) is 9.67. The van der Waals surface area contributed by atoms with E-state index in [1.54, 1.807) is 0 Å². The standard InChI is InChI=1S/C16H25N3O2/c1-11(12-5-7-13(17)8-6-12)9-14(20)18-10-15(21)19-16(2,3)4/h5-8,11H,9-10,17H2,1-4H3,(H,18,20)(H,19,21). The monoisotopic (exact) mass is 291 g/mol. The molecular formula is C16H25N3O2. The number of carbonyl (C=O) groups is 2. The van der Waals surface area contributed by atoms with Crippen molar-refractivity contribution in [3.63, 3.8) is 0 Å². The third kappa shape index (κ3) is 6.79. The van der Waals surface area contributed by atoms with Gasteiger partial charge in [0.1, 0.15) is 0 Å². The molecule has 116 valence electrons. The highest BCUT2D eigenvalue weighted by Gasteiger charge is 2.15. The van der Waals surface area contributed by atoms with Crippen molar-refractivity contribution < 1.29 is 9.59 Å². The summed E-state index contributed by atoms with van der Waals surface area (Å²) in [6.45, 7) is 7.67. The summed E-state index contributed by atoms with van der Waals surface area (Å²) < 4.78 is 0. The molecule has 0 saturated heterocycles. The lowest BCUT2D eigenvalue weighted by atomic mass is 9.97. The van der Waals surface area contributed by atoms with Gasteiger partial charge in [0.15, 0.2) is 0 Å². The van der Waals surface area contributed by atoms with Crippen molar-refractivity contribution in [1.29, 1.82) is 0 Å². The summed E-state index contributed by atoms with van der Waals surface area (Å²) in [6, 6.07) is 7.47. The van der Waals surface area contributed by atoms with Crippen LogP contribution in [0, 0.1) is 0 Å². The minimum absolute atomic E-state index is 0.00452. The second kappa shape index (κ2) is 7.11. The van der Waals surface area contributed by atoms with Crippen LogP contribution in [0.25, 0.3) is 0 Å². The van der Waals surface area contributed by atoms with E-state index in [1.807, 2.05) is 52.0 Å². The number of rotatable bonds is 5. The summed E-state index contributed by atoms with van der Waals surface area (Å²) in [7, 11) is 0. The van der Waals surface area contributed by atoms with E-state index in [9.17, 15) is 9.59 Å². The van der Waals surface area contributed by atoms with Crippen molar-refractivity contribution in [3.05, 3.63) is 29.8 Å². The molecule has 5 heteroatoms. The quantitative estimate of drug-likeness (QED) is 0.723. The predicted octanol–water partition coefficient (Wildman–Crippen LogP) is 1.79. The number of anilines is 1. The number of nitrogens with two attached hydrogens (primary N) is 1. The van der Waals surface area contributed by atoms with E-state index in [-0.39, 0.29) is 29.8 Å². The first-order valence-electron chi connectivity index (χ1n) is 7.10. The maximum Gasteiger partial charge on any atom is 0.239 e. The number of carbonyl (C=O) groups excluding carboxylic acids is 2. The second-order valence-corrected chi connectivity index (χ2v) is 6.35. The molecule has 0 heterocycles. The number of hydrogen-bond acceptors (Lipinski definition) is 3. The van der Waals surface area contributed by atoms with E-state index in [0.29, 0.717) is 12.1 Å². The number of benzene rings is 1. The predicted molar refractivity (Wildman–Crippen MR) is 84.8 cm³/mol.